The maximum Gasteiger partial charge on any atom is 0.258 e. The minimum absolute atomic E-state index is 0.0329. The third-order valence-corrected chi connectivity index (χ3v) is 1.97. The van der Waals surface area contributed by atoms with Crippen molar-refractivity contribution in [3.8, 4) is 0 Å². The molecule has 4 nitrogen and oxygen atoms in total. The molecule has 4 heteroatoms. The summed E-state index contributed by atoms with van der Waals surface area (Å²) in [5.41, 5.74) is 0.153. The highest BCUT2D eigenvalue weighted by atomic mass is 16.5. The van der Waals surface area contributed by atoms with E-state index in [0.29, 0.717) is 12.2 Å². The van der Waals surface area contributed by atoms with Crippen LogP contribution in [0.2, 0.25) is 0 Å². The van der Waals surface area contributed by atoms with E-state index in [1.54, 1.807) is 0 Å². The zero-order valence-electron chi connectivity index (χ0n) is 8.01. The van der Waals surface area contributed by atoms with Crippen LogP contribution in [0.25, 0.3) is 0 Å². The Bertz CT molecular complexity index is 281. The van der Waals surface area contributed by atoms with Crippen LogP contribution in [0.15, 0.2) is 11.3 Å². The number of hydrogen-bond acceptors (Lipinski definition) is 3. The Morgan fingerprint density at radius 1 is 1.62 bits per heavy atom. The Morgan fingerprint density at radius 3 is 2.69 bits per heavy atom. The molecule has 0 fully saturated rings. The molecule has 1 aliphatic rings. The number of ketones is 1. The minimum Gasteiger partial charge on any atom is -0.500 e. The lowest BCUT2D eigenvalue weighted by Gasteiger charge is -2.23. The van der Waals surface area contributed by atoms with Gasteiger partial charge in [0.2, 0.25) is 0 Å². The van der Waals surface area contributed by atoms with E-state index in [9.17, 15) is 9.59 Å². The van der Waals surface area contributed by atoms with Crippen molar-refractivity contribution >= 4 is 11.7 Å². The van der Waals surface area contributed by atoms with E-state index in [0.717, 1.165) is 0 Å². The molecule has 13 heavy (non-hydrogen) atoms. The van der Waals surface area contributed by atoms with Gasteiger partial charge in [-0.15, -0.1) is 0 Å². The van der Waals surface area contributed by atoms with E-state index < -0.39 is 0 Å². The van der Waals surface area contributed by atoms with Gasteiger partial charge >= 0.3 is 0 Å². The maximum atomic E-state index is 11.3. The number of methoxy groups -OCH3 is 1. The molecule has 1 amide bonds. The molecule has 0 spiro atoms. The van der Waals surface area contributed by atoms with Crippen LogP contribution in [0, 0.1) is 0 Å². The summed E-state index contributed by atoms with van der Waals surface area (Å²) in [6.07, 6.45) is 0.581. The van der Waals surface area contributed by atoms with Crippen molar-refractivity contribution in [2.45, 2.75) is 26.3 Å². The number of carbonyl (C=O) groups is 2. The molecule has 1 rings (SSSR count). The van der Waals surface area contributed by atoms with E-state index in [1.165, 1.54) is 14.0 Å². The number of rotatable bonds is 2. The third kappa shape index (κ3) is 1.88. The molecule has 1 unspecified atom stereocenters. The lowest BCUT2D eigenvalue weighted by atomic mass is 10.0. The van der Waals surface area contributed by atoms with Crippen molar-refractivity contribution in [3.05, 3.63) is 11.3 Å². The molecular weight excluding hydrogens is 170 g/mol. The summed E-state index contributed by atoms with van der Waals surface area (Å²) in [6, 6.07) is 0.0329. The number of ether oxygens (including phenoxy) is 1. The van der Waals surface area contributed by atoms with Crippen LogP contribution in [-0.4, -0.2) is 24.8 Å². The highest BCUT2D eigenvalue weighted by Crippen LogP contribution is 2.18. The second kappa shape index (κ2) is 3.60. The molecule has 1 atom stereocenters. The van der Waals surface area contributed by atoms with Crippen molar-refractivity contribution in [2.75, 3.05) is 7.11 Å². The van der Waals surface area contributed by atoms with Crippen LogP contribution in [0.4, 0.5) is 0 Å². The van der Waals surface area contributed by atoms with Gasteiger partial charge < -0.3 is 10.1 Å². The van der Waals surface area contributed by atoms with Crippen LogP contribution in [0.3, 0.4) is 0 Å². The van der Waals surface area contributed by atoms with E-state index in [2.05, 4.69) is 5.32 Å². The fraction of sp³-hybridized carbons (Fsp3) is 0.556. The molecule has 0 saturated carbocycles. The number of amides is 1. The molecule has 0 saturated heterocycles. The first-order valence-electron chi connectivity index (χ1n) is 4.15. The zero-order valence-corrected chi connectivity index (χ0v) is 8.01. The number of nitrogens with one attached hydrogen (secondary N) is 1. The van der Waals surface area contributed by atoms with Gasteiger partial charge in [0.25, 0.3) is 5.91 Å². The largest absolute Gasteiger partial charge is 0.500 e. The van der Waals surface area contributed by atoms with Gasteiger partial charge in [0, 0.05) is 12.5 Å². The lowest BCUT2D eigenvalue weighted by molar-refractivity contribution is -0.123. The Balaban J connectivity index is 3.06. The summed E-state index contributed by atoms with van der Waals surface area (Å²) in [5.74, 6) is -0.0897. The Kier molecular flexibility index (Phi) is 2.70. The quantitative estimate of drug-likeness (QED) is 0.630. The summed E-state index contributed by atoms with van der Waals surface area (Å²) < 4.78 is 5.00. The Morgan fingerprint density at radius 2 is 2.23 bits per heavy atom. The normalized spacial score (nSPS) is 22.7. The van der Waals surface area contributed by atoms with Crippen molar-refractivity contribution in [1.29, 1.82) is 0 Å². The van der Waals surface area contributed by atoms with Gasteiger partial charge in [-0.3, -0.25) is 9.59 Å². The van der Waals surface area contributed by atoms with Crippen molar-refractivity contribution in [1.82, 2.24) is 5.32 Å². The Labute approximate surface area is 76.9 Å². The molecule has 0 aromatic carbocycles. The third-order valence-electron chi connectivity index (χ3n) is 1.97. The summed E-state index contributed by atoms with van der Waals surface area (Å²) >= 11 is 0. The summed E-state index contributed by atoms with van der Waals surface area (Å²) in [4.78, 5) is 22.4. The molecular formula is C9H13NO3. The van der Waals surface area contributed by atoms with Crippen molar-refractivity contribution in [2.24, 2.45) is 0 Å². The predicted octanol–water partition coefficient (Wildman–Crippen LogP) is 0.384. The van der Waals surface area contributed by atoms with Gasteiger partial charge in [-0.05, 0) is 13.8 Å². The molecule has 1 N–H and O–H groups in total. The molecule has 0 aliphatic carbocycles. The molecule has 1 heterocycles. The first kappa shape index (κ1) is 9.77. The van der Waals surface area contributed by atoms with Crippen LogP contribution in [0.1, 0.15) is 20.3 Å². The van der Waals surface area contributed by atoms with E-state index >= 15 is 0 Å². The van der Waals surface area contributed by atoms with Gasteiger partial charge in [0.15, 0.2) is 5.78 Å². The first-order chi connectivity index (χ1) is 6.06. The monoisotopic (exact) mass is 183 g/mol. The zero-order chi connectivity index (χ0) is 10.0. The predicted molar refractivity (Wildman–Crippen MR) is 46.9 cm³/mol. The lowest BCUT2D eigenvalue weighted by Crippen LogP contribution is -2.40. The van der Waals surface area contributed by atoms with E-state index in [4.69, 9.17) is 4.74 Å². The molecule has 0 radical (unpaired) electrons. The SMILES string of the molecule is COC1=C(C(C)=O)C(=O)NC(C)C1. The maximum absolute atomic E-state index is 11.3. The smallest absolute Gasteiger partial charge is 0.258 e. The van der Waals surface area contributed by atoms with Gasteiger partial charge in [-0.1, -0.05) is 0 Å². The molecule has 72 valence electrons. The first-order valence-corrected chi connectivity index (χ1v) is 4.15. The number of carbonyl (C=O) groups excluding carboxylic acids is 2. The second-order valence-corrected chi connectivity index (χ2v) is 3.14. The highest BCUT2D eigenvalue weighted by molar-refractivity contribution is 6.19. The number of hydrogen-bond donors (Lipinski definition) is 1. The topological polar surface area (TPSA) is 55.4 Å². The van der Waals surface area contributed by atoms with Crippen LogP contribution in [-0.2, 0) is 14.3 Å². The van der Waals surface area contributed by atoms with Gasteiger partial charge in [0.1, 0.15) is 11.3 Å². The summed E-state index contributed by atoms with van der Waals surface area (Å²) in [6.45, 7) is 3.23. The van der Waals surface area contributed by atoms with Crippen LogP contribution in [0.5, 0.6) is 0 Å². The Hall–Kier alpha value is -1.32. The number of Topliss-reactive ketones (excluding diaryl/α,β-unsaturated/α-hetero) is 1. The van der Waals surface area contributed by atoms with E-state index in [1.807, 2.05) is 6.92 Å². The average Bonchev–Trinajstić information content (AvgIpc) is 2.01. The van der Waals surface area contributed by atoms with Crippen molar-refractivity contribution in [3.63, 3.8) is 0 Å². The van der Waals surface area contributed by atoms with Crippen LogP contribution < -0.4 is 5.32 Å². The van der Waals surface area contributed by atoms with Gasteiger partial charge in [-0.25, -0.2) is 0 Å². The fourth-order valence-electron chi connectivity index (χ4n) is 1.40. The summed E-state index contributed by atoms with van der Waals surface area (Å²) in [5, 5.41) is 2.68. The highest BCUT2D eigenvalue weighted by Gasteiger charge is 2.27. The van der Waals surface area contributed by atoms with Crippen molar-refractivity contribution < 1.29 is 14.3 Å². The molecule has 0 aromatic heterocycles. The average molecular weight is 183 g/mol. The minimum atomic E-state index is -0.330. The van der Waals surface area contributed by atoms with Crippen LogP contribution >= 0.6 is 0 Å². The summed E-state index contributed by atoms with van der Waals surface area (Å²) in [7, 11) is 1.48. The standard InChI is InChI=1S/C9H13NO3/c1-5-4-7(13-3)8(6(2)11)9(12)10-5/h5H,4H2,1-3H3,(H,10,12). The molecule has 1 aliphatic heterocycles. The van der Waals surface area contributed by atoms with Gasteiger partial charge in [0.05, 0.1) is 7.11 Å². The van der Waals surface area contributed by atoms with E-state index in [-0.39, 0.29) is 23.3 Å². The molecule has 0 bridgehead atoms. The van der Waals surface area contributed by atoms with Gasteiger partial charge in [-0.2, -0.15) is 0 Å². The fourth-order valence-corrected chi connectivity index (χ4v) is 1.40. The molecule has 0 aromatic rings. The second-order valence-electron chi connectivity index (χ2n) is 3.14.